The minimum atomic E-state index is -0.807. The molecule has 4 aromatic rings. The first-order valence-electron chi connectivity index (χ1n) is 9.64. The Labute approximate surface area is 178 Å². The molecule has 6 heteroatoms. The van der Waals surface area contributed by atoms with Gasteiger partial charge < -0.3 is 14.5 Å². The highest BCUT2D eigenvalue weighted by Crippen LogP contribution is 2.24. The summed E-state index contributed by atoms with van der Waals surface area (Å²) in [7, 11) is 0. The lowest BCUT2D eigenvalue weighted by atomic mass is 10.1. The summed E-state index contributed by atoms with van der Waals surface area (Å²) in [6.45, 7) is 1.61. The first-order chi connectivity index (χ1) is 15.0. The molecule has 0 bridgehead atoms. The molecule has 152 valence electrons. The van der Waals surface area contributed by atoms with E-state index >= 15 is 0 Å². The van der Waals surface area contributed by atoms with Gasteiger partial charge in [0.05, 0.1) is 22.6 Å². The van der Waals surface area contributed by atoms with Crippen molar-refractivity contribution in [2.45, 2.75) is 13.0 Å². The zero-order valence-electron chi connectivity index (χ0n) is 16.7. The van der Waals surface area contributed by atoms with Gasteiger partial charge in [0.25, 0.3) is 5.91 Å². The molecule has 0 unspecified atom stereocenters. The third-order valence-corrected chi connectivity index (χ3v) is 4.77. The molecule has 1 N–H and O–H groups in total. The van der Waals surface area contributed by atoms with Gasteiger partial charge in [-0.05, 0) is 42.8 Å². The fourth-order valence-corrected chi connectivity index (χ4v) is 3.17. The molecule has 6 nitrogen and oxygen atoms in total. The van der Waals surface area contributed by atoms with Crippen LogP contribution in [0, 0.1) is 11.3 Å². The topological polar surface area (TPSA) is 92.3 Å². The molecular weight excluding hydrogens is 392 g/mol. The van der Waals surface area contributed by atoms with Crippen molar-refractivity contribution >= 4 is 22.6 Å². The molecule has 31 heavy (non-hydrogen) atoms. The van der Waals surface area contributed by atoms with Crippen molar-refractivity contribution in [3.63, 3.8) is 0 Å². The van der Waals surface area contributed by atoms with E-state index in [4.69, 9.17) is 14.4 Å². The van der Waals surface area contributed by atoms with E-state index in [0.29, 0.717) is 33.5 Å². The summed E-state index contributed by atoms with van der Waals surface area (Å²) in [6.07, 6.45) is 0.626. The number of ether oxygens (including phenoxy) is 1. The molecule has 1 amide bonds. The highest BCUT2D eigenvalue weighted by atomic mass is 16.5. The second-order valence-electron chi connectivity index (χ2n) is 6.94. The smallest absolute Gasteiger partial charge is 0.265 e. The Bertz CT molecular complexity index is 1350. The van der Waals surface area contributed by atoms with Crippen molar-refractivity contribution < 1.29 is 13.9 Å². The molecule has 3 aromatic carbocycles. The van der Waals surface area contributed by atoms with Crippen LogP contribution in [0.1, 0.15) is 12.5 Å². The Kier molecular flexibility index (Phi) is 5.50. The number of carbonyl (C=O) groups is 1. The van der Waals surface area contributed by atoms with Gasteiger partial charge in [-0.2, -0.15) is 5.26 Å². The molecule has 0 spiro atoms. The molecular formula is C25H18N2O4. The number of fused-ring (bicyclic) bond motifs is 1. The average molecular weight is 410 g/mol. The monoisotopic (exact) mass is 410 g/mol. The molecule has 0 aliphatic carbocycles. The number of nitrogens with one attached hydrogen (secondary N) is 1. The molecule has 0 radical (unpaired) electrons. The molecule has 0 saturated carbocycles. The van der Waals surface area contributed by atoms with E-state index in [2.05, 4.69) is 5.32 Å². The van der Waals surface area contributed by atoms with Gasteiger partial charge in [0.15, 0.2) is 11.5 Å². The van der Waals surface area contributed by atoms with Crippen LogP contribution in [-0.2, 0) is 4.79 Å². The molecule has 4 rings (SSSR count). The van der Waals surface area contributed by atoms with E-state index in [1.54, 1.807) is 49.4 Å². The minimum Gasteiger partial charge on any atom is -0.481 e. The second kappa shape index (κ2) is 8.56. The van der Waals surface area contributed by atoms with Gasteiger partial charge in [0.1, 0.15) is 17.6 Å². The Morgan fingerprint density at radius 3 is 2.65 bits per heavy atom. The summed E-state index contributed by atoms with van der Waals surface area (Å²) in [6, 6.07) is 22.8. The van der Waals surface area contributed by atoms with Gasteiger partial charge in [0.2, 0.25) is 0 Å². The predicted octanol–water partition coefficient (Wildman–Crippen LogP) is 4.74. The quantitative estimate of drug-likeness (QED) is 0.513. The Hall–Kier alpha value is -4.37. The lowest BCUT2D eigenvalue weighted by molar-refractivity contribution is -0.122. The minimum absolute atomic E-state index is 0.137. The van der Waals surface area contributed by atoms with Crippen LogP contribution < -0.4 is 15.5 Å². The molecule has 1 heterocycles. The van der Waals surface area contributed by atoms with E-state index < -0.39 is 6.10 Å². The number of amides is 1. The van der Waals surface area contributed by atoms with E-state index in [9.17, 15) is 9.59 Å². The van der Waals surface area contributed by atoms with E-state index in [1.165, 1.54) is 6.26 Å². The zero-order valence-corrected chi connectivity index (χ0v) is 16.7. The number of hydrogen-bond acceptors (Lipinski definition) is 5. The first-order valence-corrected chi connectivity index (χ1v) is 9.64. The van der Waals surface area contributed by atoms with Crippen molar-refractivity contribution in [2.75, 3.05) is 5.32 Å². The van der Waals surface area contributed by atoms with Gasteiger partial charge in [0, 0.05) is 11.8 Å². The SMILES string of the molecule is C[C@@H](Oc1ccc2c(=O)c(-c3ccccc3)coc2c1)C(=O)Nc1cccc(C#N)c1. The number of benzene rings is 3. The van der Waals surface area contributed by atoms with Gasteiger partial charge in [-0.3, -0.25) is 9.59 Å². The van der Waals surface area contributed by atoms with Crippen molar-refractivity contribution in [1.82, 2.24) is 0 Å². The van der Waals surface area contributed by atoms with Crippen LogP contribution >= 0.6 is 0 Å². The van der Waals surface area contributed by atoms with Crippen LogP contribution in [0.5, 0.6) is 5.75 Å². The van der Waals surface area contributed by atoms with Crippen LogP contribution in [-0.4, -0.2) is 12.0 Å². The molecule has 0 aliphatic heterocycles. The zero-order chi connectivity index (χ0) is 21.8. The molecule has 1 aromatic heterocycles. The number of hydrogen-bond donors (Lipinski definition) is 1. The van der Waals surface area contributed by atoms with Gasteiger partial charge in [-0.15, -0.1) is 0 Å². The molecule has 1 atom stereocenters. The third-order valence-electron chi connectivity index (χ3n) is 4.77. The summed E-state index contributed by atoms with van der Waals surface area (Å²) >= 11 is 0. The molecule has 0 fully saturated rings. The third kappa shape index (κ3) is 4.31. The van der Waals surface area contributed by atoms with E-state index in [-0.39, 0.29) is 11.3 Å². The normalized spacial score (nSPS) is 11.5. The van der Waals surface area contributed by atoms with Crippen LogP contribution in [0.15, 0.2) is 88.3 Å². The average Bonchev–Trinajstić information content (AvgIpc) is 2.80. The fraction of sp³-hybridized carbons (Fsp3) is 0.0800. The maximum absolute atomic E-state index is 12.8. The molecule has 0 saturated heterocycles. The van der Waals surface area contributed by atoms with E-state index in [0.717, 1.165) is 5.56 Å². The maximum atomic E-state index is 12.8. The van der Waals surface area contributed by atoms with Crippen molar-refractivity contribution in [3.05, 3.63) is 94.8 Å². The van der Waals surface area contributed by atoms with Crippen molar-refractivity contribution in [2.24, 2.45) is 0 Å². The number of nitrogens with zero attached hydrogens (tertiary/aromatic N) is 1. The standard InChI is InChI=1S/C25H18N2O4/c1-16(25(29)27-19-9-5-6-17(12-19)14-26)31-20-10-11-21-23(13-20)30-15-22(24(21)28)18-7-3-2-4-8-18/h2-13,15-16H,1H3,(H,27,29)/t16-/m1/s1. The van der Waals surface area contributed by atoms with E-state index in [1.807, 2.05) is 36.4 Å². The lowest BCUT2D eigenvalue weighted by Gasteiger charge is -2.15. The van der Waals surface area contributed by atoms with Gasteiger partial charge in [-0.1, -0.05) is 36.4 Å². The summed E-state index contributed by atoms with van der Waals surface area (Å²) in [5.41, 5.74) is 2.46. The summed E-state index contributed by atoms with van der Waals surface area (Å²) in [5, 5.41) is 12.1. The Balaban J connectivity index is 1.52. The lowest BCUT2D eigenvalue weighted by Crippen LogP contribution is -2.30. The second-order valence-corrected chi connectivity index (χ2v) is 6.94. The summed E-state index contributed by atoms with van der Waals surface area (Å²) < 4.78 is 11.4. The summed E-state index contributed by atoms with van der Waals surface area (Å²) in [4.78, 5) is 25.3. The largest absolute Gasteiger partial charge is 0.481 e. The first kappa shape index (κ1) is 19.9. The number of nitriles is 1. The predicted molar refractivity (Wildman–Crippen MR) is 118 cm³/mol. The fourth-order valence-electron chi connectivity index (χ4n) is 3.17. The highest BCUT2D eigenvalue weighted by Gasteiger charge is 2.16. The van der Waals surface area contributed by atoms with Crippen molar-refractivity contribution in [3.8, 4) is 22.9 Å². The van der Waals surface area contributed by atoms with Gasteiger partial charge in [-0.25, -0.2) is 0 Å². The molecule has 0 aliphatic rings. The van der Waals surface area contributed by atoms with Crippen LogP contribution in [0.25, 0.3) is 22.1 Å². The summed E-state index contributed by atoms with van der Waals surface area (Å²) in [5.74, 6) is 0.0348. The highest BCUT2D eigenvalue weighted by molar-refractivity contribution is 5.94. The maximum Gasteiger partial charge on any atom is 0.265 e. The van der Waals surface area contributed by atoms with Crippen LogP contribution in [0.4, 0.5) is 5.69 Å². The van der Waals surface area contributed by atoms with Crippen molar-refractivity contribution in [1.29, 1.82) is 5.26 Å². The van der Waals surface area contributed by atoms with Gasteiger partial charge >= 0.3 is 0 Å². The number of carbonyl (C=O) groups excluding carboxylic acids is 1. The van der Waals surface area contributed by atoms with Crippen LogP contribution in [0.2, 0.25) is 0 Å². The number of rotatable bonds is 5. The Morgan fingerprint density at radius 2 is 1.87 bits per heavy atom. The van der Waals surface area contributed by atoms with Crippen LogP contribution in [0.3, 0.4) is 0 Å². The number of anilines is 1. The Morgan fingerprint density at radius 1 is 1.06 bits per heavy atom.